The molecule has 2 unspecified atom stereocenters. The molecule has 12 heavy (non-hydrogen) atoms. The van der Waals surface area contributed by atoms with Crippen molar-refractivity contribution in [2.45, 2.75) is 25.6 Å². The Morgan fingerprint density at radius 3 is 1.67 bits per heavy atom. The average molecular weight is 178 g/mol. The summed E-state index contributed by atoms with van der Waals surface area (Å²) in [7, 11) is 0. The van der Waals surface area contributed by atoms with Crippen LogP contribution in [0.1, 0.15) is 13.8 Å². The second-order valence-corrected chi connectivity index (χ2v) is 2.93. The Bertz CT molecular complexity index is 167. The highest BCUT2D eigenvalue weighted by atomic mass is 19.2. The summed E-state index contributed by atoms with van der Waals surface area (Å²) >= 11 is 0. The number of halogens is 2. The van der Waals surface area contributed by atoms with Gasteiger partial charge in [0.1, 0.15) is 0 Å². The van der Waals surface area contributed by atoms with Crippen molar-refractivity contribution >= 4 is 0 Å². The molecule has 0 amide bonds. The SMILES string of the molecule is CC1(F)OC/C=C\COC1(C)F. The molecule has 2 nitrogen and oxygen atoms in total. The van der Waals surface area contributed by atoms with Gasteiger partial charge in [0, 0.05) is 13.8 Å². The van der Waals surface area contributed by atoms with E-state index < -0.39 is 11.7 Å². The lowest BCUT2D eigenvalue weighted by atomic mass is 10.2. The van der Waals surface area contributed by atoms with Crippen molar-refractivity contribution in [1.82, 2.24) is 0 Å². The first-order valence-electron chi connectivity index (χ1n) is 3.76. The quantitative estimate of drug-likeness (QED) is 0.528. The molecule has 0 bridgehead atoms. The first kappa shape index (κ1) is 9.61. The minimum Gasteiger partial charge on any atom is -0.337 e. The van der Waals surface area contributed by atoms with Crippen LogP contribution in [-0.2, 0) is 9.47 Å². The lowest BCUT2D eigenvalue weighted by Crippen LogP contribution is -2.47. The topological polar surface area (TPSA) is 18.5 Å². The summed E-state index contributed by atoms with van der Waals surface area (Å²) < 4.78 is 35.9. The van der Waals surface area contributed by atoms with Crippen molar-refractivity contribution in [3.05, 3.63) is 12.2 Å². The maximum Gasteiger partial charge on any atom is 0.265 e. The van der Waals surface area contributed by atoms with Crippen LogP contribution in [0.3, 0.4) is 0 Å². The van der Waals surface area contributed by atoms with E-state index in [1.54, 1.807) is 12.2 Å². The van der Waals surface area contributed by atoms with E-state index in [4.69, 9.17) is 0 Å². The molecular weight excluding hydrogens is 166 g/mol. The van der Waals surface area contributed by atoms with Crippen LogP contribution in [0.5, 0.6) is 0 Å². The molecular formula is C8H12F2O2. The van der Waals surface area contributed by atoms with Gasteiger partial charge in [0.05, 0.1) is 13.2 Å². The third-order valence-electron chi connectivity index (χ3n) is 1.87. The average Bonchev–Trinajstić information content (AvgIpc) is 1.94. The number of alkyl halides is 2. The third kappa shape index (κ3) is 1.81. The molecule has 0 saturated carbocycles. The molecule has 2 atom stereocenters. The number of hydrogen-bond donors (Lipinski definition) is 0. The molecule has 4 heteroatoms. The van der Waals surface area contributed by atoms with Crippen LogP contribution in [0.25, 0.3) is 0 Å². The maximum absolute atomic E-state index is 13.3. The predicted molar refractivity (Wildman–Crippen MR) is 40.1 cm³/mol. The molecule has 1 heterocycles. The normalized spacial score (nSPS) is 46.3. The Kier molecular flexibility index (Phi) is 2.49. The van der Waals surface area contributed by atoms with Crippen molar-refractivity contribution in [2.24, 2.45) is 0 Å². The monoisotopic (exact) mass is 178 g/mol. The van der Waals surface area contributed by atoms with E-state index >= 15 is 0 Å². The van der Waals surface area contributed by atoms with E-state index in [0.717, 1.165) is 13.8 Å². The van der Waals surface area contributed by atoms with Crippen LogP contribution in [0.4, 0.5) is 8.78 Å². The zero-order chi connectivity index (χ0) is 9.24. The Morgan fingerprint density at radius 1 is 1.00 bits per heavy atom. The Hall–Kier alpha value is -0.480. The summed E-state index contributed by atoms with van der Waals surface area (Å²) in [5, 5.41) is 0. The summed E-state index contributed by atoms with van der Waals surface area (Å²) in [4.78, 5) is 0. The molecule has 0 spiro atoms. The second kappa shape index (κ2) is 3.11. The highest BCUT2D eigenvalue weighted by molar-refractivity contribution is 4.89. The highest BCUT2D eigenvalue weighted by Crippen LogP contribution is 2.33. The maximum atomic E-state index is 13.3. The summed E-state index contributed by atoms with van der Waals surface area (Å²) in [5.41, 5.74) is 0. The molecule has 0 aromatic carbocycles. The molecule has 0 aromatic heterocycles. The summed E-state index contributed by atoms with van der Waals surface area (Å²) in [5.74, 6) is -4.78. The van der Waals surface area contributed by atoms with Gasteiger partial charge in [0.15, 0.2) is 0 Å². The van der Waals surface area contributed by atoms with Crippen LogP contribution in [0.2, 0.25) is 0 Å². The molecule has 70 valence electrons. The van der Waals surface area contributed by atoms with Gasteiger partial charge in [-0.2, -0.15) is 0 Å². The lowest BCUT2D eigenvalue weighted by molar-refractivity contribution is -0.305. The summed E-state index contributed by atoms with van der Waals surface area (Å²) in [6, 6.07) is 0. The van der Waals surface area contributed by atoms with Gasteiger partial charge in [-0.15, -0.1) is 0 Å². The zero-order valence-corrected chi connectivity index (χ0v) is 7.14. The molecule has 1 aliphatic heterocycles. The van der Waals surface area contributed by atoms with Gasteiger partial charge in [-0.05, 0) is 0 Å². The predicted octanol–water partition coefficient (Wildman–Crippen LogP) is 1.96. The summed E-state index contributed by atoms with van der Waals surface area (Å²) in [6.07, 6.45) is 3.18. The first-order chi connectivity index (χ1) is 5.46. The second-order valence-electron chi connectivity index (χ2n) is 2.93. The fourth-order valence-electron chi connectivity index (χ4n) is 0.803. The van der Waals surface area contributed by atoms with Crippen molar-refractivity contribution in [1.29, 1.82) is 0 Å². The number of hydrogen-bond acceptors (Lipinski definition) is 2. The van der Waals surface area contributed by atoms with E-state index in [1.807, 2.05) is 0 Å². The van der Waals surface area contributed by atoms with Crippen LogP contribution >= 0.6 is 0 Å². The molecule has 1 aliphatic rings. The van der Waals surface area contributed by atoms with Crippen molar-refractivity contribution < 1.29 is 18.3 Å². The highest BCUT2D eigenvalue weighted by Gasteiger charge is 2.48. The van der Waals surface area contributed by atoms with Gasteiger partial charge in [0.25, 0.3) is 11.7 Å². The lowest BCUT2D eigenvalue weighted by Gasteiger charge is -2.33. The fraction of sp³-hybridized carbons (Fsp3) is 0.750. The van der Waals surface area contributed by atoms with Crippen molar-refractivity contribution in [3.63, 3.8) is 0 Å². The Balaban J connectivity index is 2.77. The smallest absolute Gasteiger partial charge is 0.265 e. The molecule has 0 aliphatic carbocycles. The molecule has 0 N–H and O–H groups in total. The van der Waals surface area contributed by atoms with Crippen molar-refractivity contribution in [3.8, 4) is 0 Å². The fourth-order valence-corrected chi connectivity index (χ4v) is 0.803. The molecule has 1 rings (SSSR count). The minimum atomic E-state index is -2.39. The standard InChI is InChI=1S/C8H12F2O2/c1-7(9)8(2,10)12-6-4-3-5-11-7/h3-4H,5-6H2,1-2H3/b4-3-. The van der Waals surface area contributed by atoms with Crippen LogP contribution in [-0.4, -0.2) is 24.9 Å². The Morgan fingerprint density at radius 2 is 1.33 bits per heavy atom. The van der Waals surface area contributed by atoms with E-state index in [2.05, 4.69) is 9.47 Å². The molecule has 0 fully saturated rings. The van der Waals surface area contributed by atoms with E-state index in [1.165, 1.54) is 0 Å². The van der Waals surface area contributed by atoms with Crippen LogP contribution in [0, 0.1) is 0 Å². The van der Waals surface area contributed by atoms with Crippen LogP contribution < -0.4 is 0 Å². The van der Waals surface area contributed by atoms with E-state index in [0.29, 0.717) is 0 Å². The van der Waals surface area contributed by atoms with E-state index in [9.17, 15) is 8.78 Å². The van der Waals surface area contributed by atoms with Gasteiger partial charge in [0.2, 0.25) is 0 Å². The van der Waals surface area contributed by atoms with Crippen molar-refractivity contribution in [2.75, 3.05) is 13.2 Å². The molecule has 0 radical (unpaired) electrons. The van der Waals surface area contributed by atoms with Gasteiger partial charge in [-0.1, -0.05) is 12.2 Å². The first-order valence-corrected chi connectivity index (χ1v) is 3.76. The number of ether oxygens (including phenoxy) is 2. The Labute approximate surface area is 70.2 Å². The van der Waals surface area contributed by atoms with Gasteiger partial charge in [-0.3, -0.25) is 0 Å². The van der Waals surface area contributed by atoms with Gasteiger partial charge < -0.3 is 9.47 Å². The molecule has 0 saturated heterocycles. The molecule has 0 aromatic rings. The number of rotatable bonds is 0. The third-order valence-corrected chi connectivity index (χ3v) is 1.87. The summed E-state index contributed by atoms with van der Waals surface area (Å²) in [6.45, 7) is 2.17. The van der Waals surface area contributed by atoms with Gasteiger partial charge in [-0.25, -0.2) is 8.78 Å². The van der Waals surface area contributed by atoms with Gasteiger partial charge >= 0.3 is 0 Å². The zero-order valence-electron chi connectivity index (χ0n) is 7.14. The minimum absolute atomic E-state index is 0.0653. The van der Waals surface area contributed by atoms with Crippen LogP contribution in [0.15, 0.2) is 12.2 Å². The van der Waals surface area contributed by atoms with E-state index in [-0.39, 0.29) is 13.2 Å². The largest absolute Gasteiger partial charge is 0.337 e.